The first-order valence-electron chi connectivity index (χ1n) is 8.21. The summed E-state index contributed by atoms with van der Waals surface area (Å²) in [5, 5.41) is 10.7. The zero-order chi connectivity index (χ0) is 18.2. The molecular weight excluding hydrogens is 342 g/mol. The fraction of sp³-hybridized carbons (Fsp3) is 0.412. The summed E-state index contributed by atoms with van der Waals surface area (Å²) < 4.78 is 9.45. The number of rotatable bonds is 9. The van der Waals surface area contributed by atoms with E-state index in [9.17, 15) is 14.9 Å². The van der Waals surface area contributed by atoms with Crippen molar-refractivity contribution in [2.75, 3.05) is 12.3 Å². The molecule has 0 spiro atoms. The van der Waals surface area contributed by atoms with E-state index in [1.807, 2.05) is 0 Å². The lowest BCUT2D eigenvalue weighted by molar-refractivity contribution is -0.384. The van der Waals surface area contributed by atoms with Gasteiger partial charge in [-0.15, -0.1) is 0 Å². The smallest absolute Gasteiger partial charge is 0.352 e. The number of unbranched alkanes of at least 4 members (excludes halogenated alkanes) is 4. The van der Waals surface area contributed by atoms with Crippen LogP contribution in [0.5, 0.6) is 0 Å². The topological polar surface area (TPSA) is 108 Å². The van der Waals surface area contributed by atoms with Crippen molar-refractivity contribution < 1.29 is 14.5 Å². The third-order valence-electron chi connectivity index (χ3n) is 3.75. The molecule has 0 fully saturated rings. The van der Waals surface area contributed by atoms with E-state index in [2.05, 4.69) is 11.3 Å². The summed E-state index contributed by atoms with van der Waals surface area (Å²) in [4.78, 5) is 22.6. The Kier molecular flexibility index (Phi) is 6.88. The molecule has 1 aromatic carbocycles. The molecule has 0 unspecified atom stereocenters. The number of non-ortho nitro benzene ring substituents is 1. The van der Waals surface area contributed by atoms with Crippen molar-refractivity contribution in [3.05, 3.63) is 39.3 Å². The van der Waals surface area contributed by atoms with Gasteiger partial charge in [0.25, 0.3) is 5.69 Å². The Morgan fingerprint density at radius 1 is 1.24 bits per heavy atom. The number of carbonyl (C=O) groups excluding carboxylic acids is 1. The first-order valence-corrected chi connectivity index (χ1v) is 8.99. The van der Waals surface area contributed by atoms with Crippen LogP contribution >= 0.6 is 11.5 Å². The summed E-state index contributed by atoms with van der Waals surface area (Å²) >= 11 is 0.978. The van der Waals surface area contributed by atoms with Gasteiger partial charge in [-0.05, 0) is 30.1 Å². The maximum absolute atomic E-state index is 12.1. The van der Waals surface area contributed by atoms with Crippen LogP contribution in [0.15, 0.2) is 24.3 Å². The summed E-state index contributed by atoms with van der Waals surface area (Å²) in [6.45, 7) is 2.52. The minimum Gasteiger partial charge on any atom is -0.461 e. The molecule has 0 amide bonds. The largest absolute Gasteiger partial charge is 0.461 e. The molecule has 0 saturated heterocycles. The SMILES string of the molecule is CCCCCCCOC(=O)c1snc(-c2ccc([N+](=O)[O-])cc2)c1N. The third-order valence-corrected chi connectivity index (χ3v) is 4.59. The number of nitro benzene ring substituents is 1. The van der Waals surface area contributed by atoms with Crippen molar-refractivity contribution in [3.63, 3.8) is 0 Å². The molecule has 1 aromatic heterocycles. The van der Waals surface area contributed by atoms with Crippen LogP contribution in [-0.2, 0) is 4.74 Å². The Morgan fingerprint density at radius 3 is 2.56 bits per heavy atom. The van der Waals surface area contributed by atoms with E-state index >= 15 is 0 Å². The molecule has 1 heterocycles. The number of carbonyl (C=O) groups is 1. The van der Waals surface area contributed by atoms with Crippen molar-refractivity contribution in [2.24, 2.45) is 0 Å². The average Bonchev–Trinajstić information content (AvgIpc) is 2.99. The first-order chi connectivity index (χ1) is 12.0. The molecule has 0 bridgehead atoms. The minimum absolute atomic E-state index is 0.0137. The first kappa shape index (κ1) is 18.9. The Labute approximate surface area is 150 Å². The van der Waals surface area contributed by atoms with Gasteiger partial charge in [-0.25, -0.2) is 4.79 Å². The van der Waals surface area contributed by atoms with E-state index < -0.39 is 10.9 Å². The van der Waals surface area contributed by atoms with Gasteiger partial charge in [-0.1, -0.05) is 32.6 Å². The maximum atomic E-state index is 12.1. The van der Waals surface area contributed by atoms with Crippen LogP contribution in [0.3, 0.4) is 0 Å². The molecule has 0 saturated carbocycles. The predicted octanol–water partition coefficient (Wildman–Crippen LogP) is 4.43. The van der Waals surface area contributed by atoms with Crippen molar-refractivity contribution >= 4 is 28.9 Å². The van der Waals surface area contributed by atoms with Gasteiger partial charge in [0.1, 0.15) is 5.69 Å². The number of nitro groups is 1. The van der Waals surface area contributed by atoms with Gasteiger partial charge in [-0.2, -0.15) is 4.37 Å². The summed E-state index contributed by atoms with van der Waals surface area (Å²) in [5.41, 5.74) is 7.31. The van der Waals surface area contributed by atoms with E-state index in [0.717, 1.165) is 30.8 Å². The highest BCUT2D eigenvalue weighted by Crippen LogP contribution is 2.32. The molecule has 0 aliphatic rings. The van der Waals surface area contributed by atoms with Crippen molar-refractivity contribution in [1.29, 1.82) is 0 Å². The van der Waals surface area contributed by atoms with Crippen molar-refractivity contribution in [3.8, 4) is 11.3 Å². The van der Waals surface area contributed by atoms with Crippen LogP contribution in [0.25, 0.3) is 11.3 Å². The zero-order valence-corrected chi connectivity index (χ0v) is 14.9. The number of hydrogen-bond donors (Lipinski definition) is 1. The number of ether oxygens (including phenoxy) is 1. The van der Waals surface area contributed by atoms with Gasteiger partial charge in [0, 0.05) is 17.7 Å². The van der Waals surface area contributed by atoms with Crippen LogP contribution in [-0.4, -0.2) is 21.9 Å². The Bertz CT molecular complexity index is 728. The molecule has 7 nitrogen and oxygen atoms in total. The molecule has 0 aliphatic heterocycles. The molecule has 2 aromatic rings. The summed E-state index contributed by atoms with van der Waals surface area (Å²) in [5.74, 6) is -0.473. The quantitative estimate of drug-likeness (QED) is 0.305. The van der Waals surface area contributed by atoms with E-state index in [0.29, 0.717) is 17.9 Å². The summed E-state index contributed by atoms with van der Waals surface area (Å²) in [6, 6.07) is 5.88. The molecule has 0 radical (unpaired) electrons. The summed E-state index contributed by atoms with van der Waals surface area (Å²) in [6.07, 6.45) is 5.37. The van der Waals surface area contributed by atoms with Gasteiger partial charge < -0.3 is 10.5 Å². The highest BCUT2D eigenvalue weighted by molar-refractivity contribution is 7.09. The Balaban J connectivity index is 1.97. The second-order valence-electron chi connectivity index (χ2n) is 5.63. The lowest BCUT2D eigenvalue weighted by atomic mass is 10.1. The number of anilines is 1. The lowest BCUT2D eigenvalue weighted by Crippen LogP contribution is -2.07. The molecule has 2 rings (SSSR count). The number of aromatic nitrogens is 1. The monoisotopic (exact) mass is 363 g/mol. The van der Waals surface area contributed by atoms with Crippen molar-refractivity contribution in [2.45, 2.75) is 39.0 Å². The van der Waals surface area contributed by atoms with Crippen LogP contribution < -0.4 is 5.73 Å². The predicted molar refractivity (Wildman–Crippen MR) is 97.7 cm³/mol. The molecule has 25 heavy (non-hydrogen) atoms. The highest BCUT2D eigenvalue weighted by Gasteiger charge is 2.20. The molecule has 2 N–H and O–H groups in total. The van der Waals surface area contributed by atoms with E-state index in [1.54, 1.807) is 12.1 Å². The zero-order valence-electron chi connectivity index (χ0n) is 14.1. The van der Waals surface area contributed by atoms with E-state index in [1.165, 1.54) is 25.0 Å². The number of benzene rings is 1. The lowest BCUT2D eigenvalue weighted by Gasteiger charge is -2.04. The molecule has 0 aliphatic carbocycles. The van der Waals surface area contributed by atoms with Gasteiger partial charge in [0.2, 0.25) is 0 Å². The van der Waals surface area contributed by atoms with Gasteiger partial charge in [-0.3, -0.25) is 10.1 Å². The fourth-order valence-corrected chi connectivity index (χ4v) is 3.04. The fourth-order valence-electron chi connectivity index (χ4n) is 2.33. The Morgan fingerprint density at radius 2 is 1.92 bits per heavy atom. The van der Waals surface area contributed by atoms with Crippen molar-refractivity contribution in [1.82, 2.24) is 4.37 Å². The number of esters is 1. The average molecular weight is 363 g/mol. The Hall–Kier alpha value is -2.48. The molecule has 0 atom stereocenters. The second-order valence-corrected chi connectivity index (χ2v) is 6.40. The van der Waals surface area contributed by atoms with Crippen LogP contribution in [0.2, 0.25) is 0 Å². The number of nitrogens with two attached hydrogens (primary N) is 1. The van der Waals surface area contributed by atoms with Crippen LogP contribution in [0, 0.1) is 10.1 Å². The summed E-state index contributed by atoms with van der Waals surface area (Å²) in [7, 11) is 0. The maximum Gasteiger partial charge on any atom is 0.352 e. The van der Waals surface area contributed by atoms with Crippen LogP contribution in [0.1, 0.15) is 48.7 Å². The molecular formula is C17H21N3O4S. The van der Waals surface area contributed by atoms with Gasteiger partial charge in [0.05, 0.1) is 17.2 Å². The second kappa shape index (κ2) is 9.12. The van der Waals surface area contributed by atoms with Gasteiger partial charge in [0.15, 0.2) is 4.88 Å². The number of nitrogens with zero attached hydrogens (tertiary/aromatic N) is 2. The van der Waals surface area contributed by atoms with Crippen LogP contribution in [0.4, 0.5) is 11.4 Å². The number of hydrogen-bond acceptors (Lipinski definition) is 7. The highest BCUT2D eigenvalue weighted by atomic mass is 32.1. The third kappa shape index (κ3) is 4.99. The van der Waals surface area contributed by atoms with Gasteiger partial charge >= 0.3 is 5.97 Å². The van der Waals surface area contributed by atoms with E-state index in [4.69, 9.17) is 10.5 Å². The minimum atomic E-state index is -0.475. The molecule has 8 heteroatoms. The normalized spacial score (nSPS) is 10.6. The molecule has 134 valence electrons. The van der Waals surface area contributed by atoms with E-state index in [-0.39, 0.29) is 16.3 Å². The number of nitrogen functional groups attached to an aromatic ring is 1. The standard InChI is InChI=1S/C17H21N3O4S/c1-2-3-4-5-6-11-24-17(21)16-14(18)15(19-25-16)12-7-9-13(10-8-12)20(22)23/h7-10H,2-6,11,18H2,1H3.